The molecular formula is C29H29N2O4+. The van der Waals surface area contributed by atoms with E-state index in [1.54, 1.807) is 0 Å². The molecule has 1 N–H and O–H groups in total. The zero-order valence-corrected chi connectivity index (χ0v) is 19.9. The summed E-state index contributed by atoms with van der Waals surface area (Å²) in [5, 5.41) is 3.66. The van der Waals surface area contributed by atoms with Gasteiger partial charge in [0.25, 0.3) is 0 Å². The minimum atomic E-state index is -0.226. The fourth-order valence-electron chi connectivity index (χ4n) is 7.72. The van der Waals surface area contributed by atoms with Gasteiger partial charge >= 0.3 is 0 Å². The quantitative estimate of drug-likeness (QED) is 0.317. The third-order valence-electron chi connectivity index (χ3n) is 9.18. The maximum atomic E-state index is 13.8. The molecule has 6 nitrogen and oxygen atoms in total. The predicted molar refractivity (Wildman–Crippen MR) is 132 cm³/mol. The van der Waals surface area contributed by atoms with Gasteiger partial charge in [-0.3, -0.25) is 9.59 Å². The summed E-state index contributed by atoms with van der Waals surface area (Å²) >= 11 is 0. The first-order chi connectivity index (χ1) is 17.1. The molecule has 178 valence electrons. The number of hydrogen-bond donors (Lipinski definition) is 1. The van der Waals surface area contributed by atoms with Crippen LogP contribution < -0.4 is 14.8 Å². The molecule has 0 radical (unpaired) electrons. The zero-order chi connectivity index (χ0) is 23.8. The second-order valence-corrected chi connectivity index (χ2v) is 10.5. The summed E-state index contributed by atoms with van der Waals surface area (Å²) in [7, 11) is 0. The Bertz CT molecular complexity index is 1340. The van der Waals surface area contributed by atoms with Crippen LogP contribution in [0.2, 0.25) is 0 Å². The number of carbonyl (C=O) groups excluding carboxylic acids is 2. The number of rotatable bonds is 4. The van der Waals surface area contributed by atoms with Crippen molar-refractivity contribution in [2.24, 2.45) is 5.92 Å². The number of piperidine rings is 1. The number of carbonyl (C=O) groups is 2. The molecule has 4 atom stereocenters. The molecule has 2 fully saturated rings. The lowest BCUT2D eigenvalue weighted by molar-refractivity contribution is -0.934. The summed E-state index contributed by atoms with van der Waals surface area (Å²) in [5.41, 5.74) is 6.11. The maximum Gasteiger partial charge on any atom is 0.217 e. The number of anilines is 1. The number of para-hydroxylation sites is 1. The molecule has 0 amide bonds. The highest BCUT2D eigenvalue weighted by atomic mass is 16.6. The Morgan fingerprint density at radius 3 is 2.83 bits per heavy atom. The van der Waals surface area contributed by atoms with Crippen LogP contribution in [0.25, 0.3) is 0 Å². The van der Waals surface area contributed by atoms with Crippen molar-refractivity contribution >= 4 is 17.8 Å². The maximum absolute atomic E-state index is 13.8. The van der Waals surface area contributed by atoms with Gasteiger partial charge in [0.2, 0.25) is 5.78 Å². The average molecular weight is 470 g/mol. The Morgan fingerprint density at radius 1 is 1.17 bits per heavy atom. The molecule has 0 aromatic heterocycles. The van der Waals surface area contributed by atoms with Gasteiger partial charge < -0.3 is 19.3 Å². The first kappa shape index (κ1) is 20.9. The molecule has 35 heavy (non-hydrogen) atoms. The number of allylic oxidation sites excluding steroid dienone is 2. The van der Waals surface area contributed by atoms with Crippen LogP contribution in [0.15, 0.2) is 65.4 Å². The molecule has 7 rings (SSSR count). The van der Waals surface area contributed by atoms with Crippen molar-refractivity contribution in [1.29, 1.82) is 0 Å². The Morgan fingerprint density at radius 2 is 2.00 bits per heavy atom. The number of hydrogen-bond acceptors (Lipinski definition) is 5. The highest BCUT2D eigenvalue weighted by molar-refractivity contribution is 5.97. The van der Waals surface area contributed by atoms with Crippen molar-refractivity contribution in [2.75, 3.05) is 38.2 Å². The average Bonchev–Trinajstić information content (AvgIpc) is 3.42. The minimum absolute atomic E-state index is 0.126. The number of benzene rings is 2. The topological polar surface area (TPSA) is 64.6 Å². The van der Waals surface area contributed by atoms with Crippen molar-refractivity contribution in [3.8, 4) is 11.5 Å². The number of nitrogens with zero attached hydrogens (tertiary/aromatic N) is 1. The van der Waals surface area contributed by atoms with Gasteiger partial charge in [0.15, 0.2) is 11.5 Å². The van der Waals surface area contributed by atoms with E-state index >= 15 is 0 Å². The van der Waals surface area contributed by atoms with Crippen molar-refractivity contribution in [1.82, 2.24) is 0 Å². The van der Waals surface area contributed by atoms with Gasteiger partial charge in [0.05, 0.1) is 12.0 Å². The van der Waals surface area contributed by atoms with E-state index in [1.807, 2.05) is 24.3 Å². The highest BCUT2D eigenvalue weighted by Gasteiger charge is 2.68. The largest absolute Gasteiger partial charge is 0.486 e. The van der Waals surface area contributed by atoms with E-state index in [4.69, 9.17) is 9.47 Å². The number of ether oxygens (including phenoxy) is 2. The van der Waals surface area contributed by atoms with E-state index in [1.165, 1.54) is 11.1 Å². The van der Waals surface area contributed by atoms with Crippen LogP contribution in [0.3, 0.4) is 0 Å². The Kier molecular flexibility index (Phi) is 4.38. The third-order valence-corrected chi connectivity index (χ3v) is 9.18. The van der Waals surface area contributed by atoms with Crippen LogP contribution in [0, 0.1) is 5.92 Å². The molecule has 4 heterocycles. The summed E-state index contributed by atoms with van der Waals surface area (Å²) in [6.45, 7) is 5.28. The molecule has 1 aliphatic carbocycles. The lowest BCUT2D eigenvalue weighted by Crippen LogP contribution is -2.64. The normalized spacial score (nSPS) is 32.7. The van der Waals surface area contributed by atoms with Crippen LogP contribution in [0.1, 0.15) is 35.7 Å². The van der Waals surface area contributed by atoms with Gasteiger partial charge in [-0.25, -0.2) is 0 Å². The van der Waals surface area contributed by atoms with Crippen molar-refractivity contribution in [2.45, 2.75) is 31.2 Å². The Hall–Kier alpha value is -3.38. The van der Waals surface area contributed by atoms with Crippen LogP contribution in [0.4, 0.5) is 5.69 Å². The van der Waals surface area contributed by atoms with E-state index < -0.39 is 0 Å². The Balaban J connectivity index is 1.33. The van der Waals surface area contributed by atoms with Crippen molar-refractivity contribution in [3.05, 3.63) is 76.5 Å². The first-order valence-electron chi connectivity index (χ1n) is 12.6. The van der Waals surface area contributed by atoms with Crippen molar-refractivity contribution in [3.63, 3.8) is 0 Å². The molecule has 4 aliphatic heterocycles. The van der Waals surface area contributed by atoms with Gasteiger partial charge in [-0.1, -0.05) is 24.3 Å². The smallest absolute Gasteiger partial charge is 0.217 e. The molecule has 1 unspecified atom stereocenters. The van der Waals surface area contributed by atoms with E-state index in [-0.39, 0.29) is 23.2 Å². The molecule has 6 heteroatoms. The molecule has 2 aromatic carbocycles. The van der Waals surface area contributed by atoms with E-state index in [0.29, 0.717) is 36.8 Å². The highest BCUT2D eigenvalue weighted by Crippen LogP contribution is 2.63. The summed E-state index contributed by atoms with van der Waals surface area (Å²) in [6.07, 6.45) is 5.10. The molecule has 1 spiro atoms. The third kappa shape index (κ3) is 2.69. The number of ketones is 1. The van der Waals surface area contributed by atoms with Gasteiger partial charge in [-0.2, -0.15) is 0 Å². The van der Waals surface area contributed by atoms with Gasteiger partial charge in [-0.15, -0.1) is 0 Å². The lowest BCUT2D eigenvalue weighted by Gasteiger charge is -2.53. The SMILES string of the molecule is C/C=C1/C[N+]2(CC(=O)c3ccc4c(c3)OCCO4)CC[C@]34C(=C(C=O)[C@H]1C[C@@H]32)Nc1ccccc14. The van der Waals surface area contributed by atoms with Gasteiger partial charge in [-0.05, 0) is 42.3 Å². The predicted octanol–water partition coefficient (Wildman–Crippen LogP) is 4.03. The second kappa shape index (κ2) is 7.31. The number of aldehydes is 1. The summed E-state index contributed by atoms with van der Waals surface area (Å²) < 4.78 is 12.1. The Labute approximate surface area is 204 Å². The number of fused-ring (bicyclic) bond motifs is 3. The van der Waals surface area contributed by atoms with Gasteiger partial charge in [0.1, 0.15) is 38.6 Å². The number of quaternary nitrogens is 1. The minimum Gasteiger partial charge on any atom is -0.486 e. The number of Topliss-reactive ketones (excluding diaryl/α,β-unsaturated/α-hetero) is 1. The molecule has 2 bridgehead atoms. The van der Waals surface area contributed by atoms with Crippen LogP contribution in [0.5, 0.6) is 11.5 Å². The molecule has 2 saturated heterocycles. The van der Waals surface area contributed by atoms with E-state index in [2.05, 4.69) is 36.5 Å². The summed E-state index contributed by atoms with van der Waals surface area (Å²) in [5.74, 6) is 1.62. The van der Waals surface area contributed by atoms with Crippen LogP contribution in [-0.2, 0) is 10.2 Å². The van der Waals surface area contributed by atoms with Crippen LogP contribution >= 0.6 is 0 Å². The molecule has 2 aromatic rings. The van der Waals surface area contributed by atoms with Gasteiger partial charge in [0, 0.05) is 41.3 Å². The molecular weight excluding hydrogens is 440 g/mol. The first-order valence-corrected chi connectivity index (χ1v) is 12.6. The lowest BCUT2D eigenvalue weighted by atomic mass is 9.61. The molecule has 0 saturated carbocycles. The fourth-order valence-corrected chi connectivity index (χ4v) is 7.72. The molecule has 5 aliphatic rings. The van der Waals surface area contributed by atoms with E-state index in [0.717, 1.165) is 53.7 Å². The van der Waals surface area contributed by atoms with Crippen molar-refractivity contribution < 1.29 is 23.5 Å². The second-order valence-electron chi connectivity index (χ2n) is 10.5. The summed E-state index contributed by atoms with van der Waals surface area (Å²) in [4.78, 5) is 26.2. The van der Waals surface area contributed by atoms with E-state index in [9.17, 15) is 9.59 Å². The zero-order valence-electron chi connectivity index (χ0n) is 19.9. The summed E-state index contributed by atoms with van der Waals surface area (Å²) in [6, 6.07) is 14.3. The number of nitrogens with one attached hydrogen (secondary N) is 1. The monoisotopic (exact) mass is 469 g/mol. The standard InChI is InChI=1S/C29H28N2O4/c1-2-18-15-31(16-24(33)19-7-8-25-26(13-19)35-12-11-34-25)10-9-29-22-5-3-4-6-23(22)30-28(29)21(17-32)20(18)14-27(29)31/h2-8,13,17,20,27H,9-12,14-16H2,1H3/p+1/b18-2-/t20-,27-,29+,31?/m0/s1. The van der Waals surface area contributed by atoms with Crippen LogP contribution in [-0.4, -0.2) is 55.4 Å². The fraction of sp³-hybridized carbons (Fsp3) is 0.379.